The van der Waals surface area contributed by atoms with E-state index in [0.29, 0.717) is 0 Å². The Bertz CT molecular complexity index is 147. The molecule has 2 nitrogen and oxygen atoms in total. The molecule has 1 heterocycles. The van der Waals surface area contributed by atoms with Crippen LogP contribution in [0.4, 0.5) is 13.2 Å². The topological polar surface area (TPSA) is 21.3 Å². The summed E-state index contributed by atoms with van der Waals surface area (Å²) in [6.07, 6.45) is -5.38. The molecule has 0 aliphatic carbocycles. The monoisotopic (exact) mass is 169 g/mol. The van der Waals surface area contributed by atoms with Gasteiger partial charge in [0.2, 0.25) is 0 Å². The summed E-state index contributed by atoms with van der Waals surface area (Å²) in [5.74, 6) is -0.0726. The van der Waals surface area contributed by atoms with Gasteiger partial charge in [0.25, 0.3) is 0 Å². The van der Waals surface area contributed by atoms with Crippen LogP contribution < -0.4 is 5.32 Å². The van der Waals surface area contributed by atoms with Crippen molar-refractivity contribution in [3.05, 3.63) is 0 Å². The zero-order chi connectivity index (χ0) is 8.65. The van der Waals surface area contributed by atoms with Crippen LogP contribution in [-0.4, -0.2) is 18.6 Å². The van der Waals surface area contributed by atoms with E-state index in [1.54, 1.807) is 6.92 Å². The van der Waals surface area contributed by atoms with Gasteiger partial charge in [0, 0.05) is 12.0 Å². The summed E-state index contributed by atoms with van der Waals surface area (Å²) in [7, 11) is 0. The largest absolute Gasteiger partial charge is 0.524 e. The molecule has 0 bridgehead atoms. The van der Waals surface area contributed by atoms with Crippen LogP contribution in [0, 0.1) is 5.92 Å². The Morgan fingerprint density at radius 3 is 2.09 bits per heavy atom. The van der Waals surface area contributed by atoms with Crippen LogP contribution in [0.1, 0.15) is 13.8 Å². The zero-order valence-corrected chi connectivity index (χ0v) is 6.27. The van der Waals surface area contributed by atoms with Crippen LogP contribution in [0.5, 0.6) is 0 Å². The molecule has 3 atom stereocenters. The van der Waals surface area contributed by atoms with Gasteiger partial charge in [0.1, 0.15) is 6.23 Å². The Kier molecular flexibility index (Phi) is 2.11. The molecule has 1 saturated heterocycles. The summed E-state index contributed by atoms with van der Waals surface area (Å²) in [5.41, 5.74) is 0. The first-order valence-corrected chi connectivity index (χ1v) is 3.41. The zero-order valence-electron chi connectivity index (χ0n) is 6.27. The fourth-order valence-electron chi connectivity index (χ4n) is 0.992. The SMILES string of the molecule is C[C@H]1NC(OC(F)(F)F)[C@@H]1C. The van der Waals surface area contributed by atoms with Crippen molar-refractivity contribution in [3.8, 4) is 0 Å². The van der Waals surface area contributed by atoms with E-state index >= 15 is 0 Å². The minimum Gasteiger partial charge on any atom is -0.289 e. The molecule has 1 rings (SSSR count). The van der Waals surface area contributed by atoms with E-state index < -0.39 is 12.6 Å². The van der Waals surface area contributed by atoms with Crippen molar-refractivity contribution >= 4 is 0 Å². The van der Waals surface area contributed by atoms with Gasteiger partial charge in [-0.3, -0.25) is 10.1 Å². The van der Waals surface area contributed by atoms with E-state index in [0.717, 1.165) is 0 Å². The van der Waals surface area contributed by atoms with Gasteiger partial charge in [0.05, 0.1) is 0 Å². The van der Waals surface area contributed by atoms with Crippen LogP contribution in [0.2, 0.25) is 0 Å². The highest BCUT2D eigenvalue weighted by atomic mass is 19.4. The Hall–Kier alpha value is -0.290. The molecular formula is C6H10F3NO. The quantitative estimate of drug-likeness (QED) is 0.641. The molecule has 5 heteroatoms. The Morgan fingerprint density at radius 2 is 1.82 bits per heavy atom. The third-order valence-corrected chi connectivity index (χ3v) is 1.95. The Balaban J connectivity index is 2.31. The summed E-state index contributed by atoms with van der Waals surface area (Å²) in [6.45, 7) is 3.54. The van der Waals surface area contributed by atoms with Gasteiger partial charge in [-0.05, 0) is 6.92 Å². The van der Waals surface area contributed by atoms with E-state index in [2.05, 4.69) is 10.1 Å². The molecule has 11 heavy (non-hydrogen) atoms. The molecule has 0 aromatic rings. The third-order valence-electron chi connectivity index (χ3n) is 1.95. The van der Waals surface area contributed by atoms with E-state index in [1.807, 2.05) is 6.92 Å². The molecule has 1 fully saturated rings. The first kappa shape index (κ1) is 8.80. The second kappa shape index (κ2) is 2.64. The average molecular weight is 169 g/mol. The smallest absolute Gasteiger partial charge is 0.289 e. The van der Waals surface area contributed by atoms with Crippen molar-refractivity contribution in [1.82, 2.24) is 5.32 Å². The van der Waals surface area contributed by atoms with Crippen molar-refractivity contribution in [1.29, 1.82) is 0 Å². The molecule has 0 amide bonds. The predicted octanol–water partition coefficient (Wildman–Crippen LogP) is 1.48. The van der Waals surface area contributed by atoms with Gasteiger partial charge in [-0.25, -0.2) is 0 Å². The molecule has 1 N–H and O–H groups in total. The lowest BCUT2D eigenvalue weighted by Crippen LogP contribution is -2.61. The fraction of sp³-hybridized carbons (Fsp3) is 1.00. The van der Waals surface area contributed by atoms with Gasteiger partial charge < -0.3 is 0 Å². The first-order chi connectivity index (χ1) is 4.90. The maximum Gasteiger partial charge on any atom is 0.524 e. The van der Waals surface area contributed by atoms with E-state index in [9.17, 15) is 13.2 Å². The molecule has 1 aliphatic heterocycles. The van der Waals surface area contributed by atoms with Gasteiger partial charge in [-0.15, -0.1) is 13.2 Å². The van der Waals surface area contributed by atoms with Crippen LogP contribution in [0.3, 0.4) is 0 Å². The number of rotatable bonds is 1. The van der Waals surface area contributed by atoms with Crippen LogP contribution in [0.15, 0.2) is 0 Å². The summed E-state index contributed by atoms with van der Waals surface area (Å²) < 4.78 is 38.4. The summed E-state index contributed by atoms with van der Waals surface area (Å²) >= 11 is 0. The highest BCUT2D eigenvalue weighted by molar-refractivity contribution is 4.86. The second-order valence-electron chi connectivity index (χ2n) is 2.80. The van der Waals surface area contributed by atoms with Crippen LogP contribution in [0.25, 0.3) is 0 Å². The lowest BCUT2D eigenvalue weighted by atomic mass is 9.93. The van der Waals surface area contributed by atoms with Gasteiger partial charge in [0.15, 0.2) is 0 Å². The highest BCUT2D eigenvalue weighted by Gasteiger charge is 2.42. The number of nitrogens with one attached hydrogen (secondary N) is 1. The van der Waals surface area contributed by atoms with Gasteiger partial charge >= 0.3 is 6.36 Å². The Labute approximate surface area is 62.7 Å². The average Bonchev–Trinajstić information content (AvgIpc) is 1.84. The molecule has 0 aromatic carbocycles. The van der Waals surface area contributed by atoms with Crippen molar-refractivity contribution in [2.75, 3.05) is 0 Å². The molecule has 0 aromatic heterocycles. The first-order valence-electron chi connectivity index (χ1n) is 3.41. The van der Waals surface area contributed by atoms with Crippen molar-refractivity contribution in [2.24, 2.45) is 5.92 Å². The summed E-state index contributed by atoms with van der Waals surface area (Å²) in [5, 5.41) is 2.61. The molecule has 1 unspecified atom stereocenters. The van der Waals surface area contributed by atoms with Crippen molar-refractivity contribution in [3.63, 3.8) is 0 Å². The second-order valence-corrected chi connectivity index (χ2v) is 2.80. The molecular weight excluding hydrogens is 159 g/mol. The Morgan fingerprint density at radius 1 is 1.27 bits per heavy atom. The van der Waals surface area contributed by atoms with E-state index in [4.69, 9.17) is 0 Å². The minimum atomic E-state index is -4.52. The highest BCUT2D eigenvalue weighted by Crippen LogP contribution is 2.27. The molecule has 0 radical (unpaired) electrons. The predicted molar refractivity (Wildman–Crippen MR) is 32.7 cm³/mol. The van der Waals surface area contributed by atoms with Crippen LogP contribution >= 0.6 is 0 Å². The number of hydrogen-bond acceptors (Lipinski definition) is 2. The number of hydrogen-bond donors (Lipinski definition) is 1. The van der Waals surface area contributed by atoms with Gasteiger partial charge in [-0.1, -0.05) is 6.92 Å². The third kappa shape index (κ3) is 2.07. The summed E-state index contributed by atoms with van der Waals surface area (Å²) in [6, 6.07) is 0.113. The van der Waals surface area contributed by atoms with Crippen molar-refractivity contribution in [2.45, 2.75) is 32.5 Å². The van der Waals surface area contributed by atoms with Gasteiger partial charge in [-0.2, -0.15) is 0 Å². The number of halogens is 3. The fourth-order valence-corrected chi connectivity index (χ4v) is 0.992. The van der Waals surface area contributed by atoms with Crippen molar-refractivity contribution < 1.29 is 17.9 Å². The molecule has 66 valence electrons. The maximum absolute atomic E-state index is 11.6. The number of alkyl halides is 3. The number of ether oxygens (including phenoxy) is 1. The molecule has 0 saturated carbocycles. The standard InChI is InChI=1S/C6H10F3NO/c1-3-4(2)10-5(3)11-6(7,8)9/h3-5,10H,1-2H3/t3-,4-,5?/m1/s1. The summed E-state index contributed by atoms with van der Waals surface area (Å²) in [4.78, 5) is 0. The maximum atomic E-state index is 11.6. The van der Waals surface area contributed by atoms with Crippen LogP contribution in [-0.2, 0) is 4.74 Å². The molecule has 0 spiro atoms. The normalized spacial score (nSPS) is 38.5. The lowest BCUT2D eigenvalue weighted by Gasteiger charge is -2.41. The van der Waals surface area contributed by atoms with E-state index in [1.165, 1.54) is 0 Å². The minimum absolute atomic E-state index is 0.0726. The molecule has 1 aliphatic rings. The van der Waals surface area contributed by atoms with E-state index in [-0.39, 0.29) is 12.0 Å². The lowest BCUT2D eigenvalue weighted by molar-refractivity contribution is -0.364.